The zero-order valence-electron chi connectivity index (χ0n) is 18.3. The molecular formula is C24H49NO. The highest BCUT2D eigenvalue weighted by atomic mass is 16.4. The molecule has 0 heterocycles. The lowest BCUT2D eigenvalue weighted by molar-refractivity contribution is -0.376. The van der Waals surface area contributed by atoms with Crippen LogP contribution < -0.4 is 5.16 Å². The van der Waals surface area contributed by atoms with E-state index in [1.807, 2.05) is 0 Å². The summed E-state index contributed by atoms with van der Waals surface area (Å²) in [7, 11) is 0. The van der Waals surface area contributed by atoms with E-state index in [0.29, 0.717) is 0 Å². The summed E-state index contributed by atoms with van der Waals surface area (Å²) in [6, 6.07) is 0. The van der Waals surface area contributed by atoms with Crippen molar-refractivity contribution in [3.63, 3.8) is 0 Å². The second-order valence-electron chi connectivity index (χ2n) is 8.22. The molecule has 0 rings (SSSR count). The Morgan fingerprint density at radius 1 is 0.462 bits per heavy atom. The van der Waals surface area contributed by atoms with Crippen molar-refractivity contribution in [3.8, 4) is 0 Å². The highest BCUT2D eigenvalue weighted by molar-refractivity contribution is 5.78. The Balaban J connectivity index is 3.31. The van der Waals surface area contributed by atoms with Gasteiger partial charge in [-0.15, -0.1) is 0 Å². The van der Waals surface area contributed by atoms with Crippen molar-refractivity contribution < 1.29 is 5.16 Å². The van der Waals surface area contributed by atoms with Gasteiger partial charge in [-0.3, -0.25) is 0 Å². The predicted molar refractivity (Wildman–Crippen MR) is 118 cm³/mol. The van der Waals surface area contributed by atoms with Crippen LogP contribution in [0.2, 0.25) is 0 Å². The van der Waals surface area contributed by atoms with Gasteiger partial charge < -0.3 is 5.21 Å². The van der Waals surface area contributed by atoms with Crippen molar-refractivity contribution in [2.24, 2.45) is 0 Å². The molecule has 0 aromatic carbocycles. The van der Waals surface area contributed by atoms with E-state index in [-0.39, 0.29) is 0 Å². The largest absolute Gasteiger partial charge is 0.625 e. The average molecular weight is 368 g/mol. The van der Waals surface area contributed by atoms with E-state index in [9.17, 15) is 5.21 Å². The van der Waals surface area contributed by atoms with Crippen molar-refractivity contribution in [1.29, 1.82) is 0 Å². The van der Waals surface area contributed by atoms with E-state index in [0.717, 1.165) is 18.6 Å². The highest BCUT2D eigenvalue weighted by Gasteiger charge is 2.04. The van der Waals surface area contributed by atoms with Gasteiger partial charge in [0.25, 0.3) is 0 Å². The molecule has 0 unspecified atom stereocenters. The van der Waals surface area contributed by atoms with Crippen molar-refractivity contribution in [3.05, 3.63) is 5.21 Å². The Labute approximate surface area is 165 Å². The van der Waals surface area contributed by atoms with E-state index in [4.69, 9.17) is 0 Å². The molecule has 0 saturated heterocycles. The first-order valence-electron chi connectivity index (χ1n) is 12.1. The summed E-state index contributed by atoms with van der Waals surface area (Å²) >= 11 is 0. The lowest BCUT2D eigenvalue weighted by Crippen LogP contribution is -2.65. The van der Waals surface area contributed by atoms with E-state index < -0.39 is 0 Å². The first kappa shape index (κ1) is 25.5. The Morgan fingerprint density at radius 3 is 1.00 bits per heavy atom. The van der Waals surface area contributed by atoms with Crippen molar-refractivity contribution in [2.75, 3.05) is 0 Å². The van der Waals surface area contributed by atoms with Gasteiger partial charge in [0.15, 0.2) is 5.71 Å². The van der Waals surface area contributed by atoms with Gasteiger partial charge in [-0.25, -0.2) is 5.16 Å². The third-order valence-corrected chi connectivity index (χ3v) is 5.56. The van der Waals surface area contributed by atoms with Crippen LogP contribution in [0.15, 0.2) is 0 Å². The molecule has 0 aliphatic rings. The first-order chi connectivity index (χ1) is 12.8. The molecule has 0 aromatic heterocycles. The lowest BCUT2D eigenvalue weighted by atomic mass is 10.0. The van der Waals surface area contributed by atoms with Crippen LogP contribution in [0.25, 0.3) is 0 Å². The maximum atomic E-state index is 11.1. The van der Waals surface area contributed by atoms with E-state index >= 15 is 0 Å². The lowest BCUT2D eigenvalue weighted by Gasteiger charge is -2.04. The summed E-state index contributed by atoms with van der Waals surface area (Å²) in [5.74, 6) is 0. The summed E-state index contributed by atoms with van der Waals surface area (Å²) < 4.78 is 0. The van der Waals surface area contributed by atoms with Gasteiger partial charge in [0, 0.05) is 12.8 Å². The van der Waals surface area contributed by atoms with Crippen LogP contribution in [0.5, 0.6) is 0 Å². The molecule has 26 heavy (non-hydrogen) atoms. The minimum atomic E-state index is 0.997. The molecule has 0 saturated carbocycles. The van der Waals surface area contributed by atoms with Crippen LogP contribution >= 0.6 is 0 Å². The van der Waals surface area contributed by atoms with E-state index in [1.165, 1.54) is 122 Å². The van der Waals surface area contributed by atoms with E-state index in [2.05, 4.69) is 19.0 Å². The number of hydrogen-bond donors (Lipinski definition) is 1. The minimum Gasteiger partial charge on any atom is -0.625 e. The number of rotatable bonds is 21. The number of hydrogen-bond acceptors (Lipinski definition) is 1. The Bertz CT molecular complexity index is 288. The standard InChI is InChI=1S/C24H49NO/c1-3-5-7-9-11-13-15-17-19-21-23-24(25-26)22-20-18-16-14-12-10-8-6-4-2/h25H,3-23H2,1-2H3. The fourth-order valence-corrected chi connectivity index (χ4v) is 3.70. The fraction of sp³-hybridized carbons (Fsp3) is 0.958. The normalized spacial score (nSPS) is 12.0. The van der Waals surface area contributed by atoms with Gasteiger partial charge in [-0.2, -0.15) is 0 Å². The maximum absolute atomic E-state index is 11.1. The number of unbranched alkanes of at least 4 members (excludes halogenated alkanes) is 17. The van der Waals surface area contributed by atoms with Gasteiger partial charge in [-0.05, 0) is 12.8 Å². The highest BCUT2D eigenvalue weighted by Crippen LogP contribution is 2.13. The molecule has 2 nitrogen and oxygen atoms in total. The van der Waals surface area contributed by atoms with Crippen molar-refractivity contribution in [1.82, 2.24) is 0 Å². The molecule has 0 fully saturated rings. The first-order valence-corrected chi connectivity index (χ1v) is 12.1. The molecule has 0 amide bonds. The second kappa shape index (κ2) is 22.5. The van der Waals surface area contributed by atoms with Gasteiger partial charge in [-0.1, -0.05) is 123 Å². The monoisotopic (exact) mass is 367 g/mol. The van der Waals surface area contributed by atoms with E-state index in [1.54, 1.807) is 0 Å². The topological polar surface area (TPSA) is 37.0 Å². The van der Waals surface area contributed by atoms with Crippen molar-refractivity contribution >= 4 is 5.71 Å². The molecule has 2 heteroatoms. The van der Waals surface area contributed by atoms with Crippen LogP contribution in [0.4, 0.5) is 0 Å². The summed E-state index contributed by atoms with van der Waals surface area (Å²) in [4.78, 5) is 0. The molecule has 0 aromatic rings. The van der Waals surface area contributed by atoms with Gasteiger partial charge in [0.2, 0.25) is 0 Å². The summed E-state index contributed by atoms with van der Waals surface area (Å²) in [5.41, 5.74) is 1.05. The molecule has 1 N–H and O–H groups in total. The fourth-order valence-electron chi connectivity index (χ4n) is 3.70. The van der Waals surface area contributed by atoms with Gasteiger partial charge in [0.1, 0.15) is 0 Å². The Kier molecular flexibility index (Phi) is 22.1. The maximum Gasteiger partial charge on any atom is 0.161 e. The minimum absolute atomic E-state index is 0.997. The summed E-state index contributed by atoms with van der Waals surface area (Å²) in [5, 5.41) is 13.3. The zero-order valence-corrected chi connectivity index (χ0v) is 18.3. The van der Waals surface area contributed by atoms with Gasteiger partial charge in [0.05, 0.1) is 0 Å². The molecule has 0 aliphatic heterocycles. The Hall–Kier alpha value is -0.530. The van der Waals surface area contributed by atoms with Crippen molar-refractivity contribution in [2.45, 2.75) is 149 Å². The van der Waals surface area contributed by atoms with Gasteiger partial charge >= 0.3 is 0 Å². The quantitative estimate of drug-likeness (QED) is 0.0987. The summed E-state index contributed by atoms with van der Waals surface area (Å²) in [6.07, 6.45) is 27.7. The smallest absolute Gasteiger partial charge is 0.161 e. The molecule has 0 atom stereocenters. The molecular weight excluding hydrogens is 318 g/mol. The molecule has 156 valence electrons. The second-order valence-corrected chi connectivity index (χ2v) is 8.22. The Morgan fingerprint density at radius 2 is 0.731 bits per heavy atom. The third kappa shape index (κ3) is 19.8. The average Bonchev–Trinajstić information content (AvgIpc) is 2.66. The molecule has 0 aliphatic carbocycles. The third-order valence-electron chi connectivity index (χ3n) is 5.56. The van der Waals surface area contributed by atoms with Crippen LogP contribution in [-0.2, 0) is 0 Å². The predicted octanol–water partition coefficient (Wildman–Crippen LogP) is 7.24. The molecule has 0 spiro atoms. The SMILES string of the molecule is CCCCCCCCCCCCC(CCCCCCCCCCC)=[NH+][O-]. The summed E-state index contributed by atoms with van der Waals surface area (Å²) in [6.45, 7) is 4.55. The molecule has 0 radical (unpaired) electrons. The van der Waals surface area contributed by atoms with Crippen LogP contribution in [0, 0.1) is 5.21 Å². The molecule has 0 bridgehead atoms. The van der Waals surface area contributed by atoms with Crippen LogP contribution in [0.3, 0.4) is 0 Å². The van der Waals surface area contributed by atoms with Crippen LogP contribution in [-0.4, -0.2) is 5.71 Å². The number of nitrogens with one attached hydrogen (secondary N) is 1. The van der Waals surface area contributed by atoms with Crippen LogP contribution in [0.1, 0.15) is 149 Å². The zero-order chi connectivity index (χ0) is 19.1.